The molecule has 0 radical (unpaired) electrons. The minimum absolute atomic E-state index is 0.231. The molecule has 0 atom stereocenters. The van der Waals surface area contributed by atoms with Gasteiger partial charge in [0.25, 0.3) is 0 Å². The number of halogens is 2. The fraction of sp³-hybridized carbons (Fsp3) is 0.167. The van der Waals surface area contributed by atoms with Gasteiger partial charge in [0, 0.05) is 29.5 Å². The van der Waals surface area contributed by atoms with E-state index in [4.69, 9.17) is 0 Å². The first-order valence-electron chi connectivity index (χ1n) is 7.23. The summed E-state index contributed by atoms with van der Waals surface area (Å²) in [5.74, 6) is -0.231. The number of pyridine rings is 1. The van der Waals surface area contributed by atoms with E-state index in [1.807, 2.05) is 12.1 Å². The quantitative estimate of drug-likeness (QED) is 0.664. The Balaban J connectivity index is 1.64. The SMILES string of the molecule is Fc1cccc2nc(CN3Cc4ccccc4C3)c(Br)cc12. The first-order chi connectivity index (χ1) is 10.7. The van der Waals surface area contributed by atoms with Crippen LogP contribution < -0.4 is 0 Å². The van der Waals surface area contributed by atoms with E-state index in [1.54, 1.807) is 6.07 Å². The van der Waals surface area contributed by atoms with Crippen LogP contribution in [0.15, 0.2) is 53.0 Å². The molecule has 3 aromatic rings. The molecule has 4 heteroatoms. The van der Waals surface area contributed by atoms with E-state index < -0.39 is 0 Å². The van der Waals surface area contributed by atoms with Crippen LogP contribution in [-0.2, 0) is 19.6 Å². The lowest BCUT2D eigenvalue weighted by atomic mass is 10.1. The van der Waals surface area contributed by atoms with Crippen LogP contribution in [-0.4, -0.2) is 9.88 Å². The standard InChI is InChI=1S/C18H14BrFN2/c19-15-8-14-16(20)6-3-7-17(14)21-18(15)11-22-9-12-4-1-2-5-13(12)10-22/h1-8H,9-11H2. The summed E-state index contributed by atoms with van der Waals surface area (Å²) in [6.45, 7) is 2.62. The smallest absolute Gasteiger partial charge is 0.132 e. The zero-order valence-corrected chi connectivity index (χ0v) is 13.5. The van der Waals surface area contributed by atoms with E-state index in [0.717, 1.165) is 29.8 Å². The van der Waals surface area contributed by atoms with E-state index >= 15 is 0 Å². The highest BCUT2D eigenvalue weighted by Gasteiger charge is 2.20. The van der Waals surface area contributed by atoms with E-state index in [0.29, 0.717) is 10.9 Å². The number of fused-ring (bicyclic) bond motifs is 2. The fourth-order valence-corrected chi connectivity index (χ4v) is 3.46. The van der Waals surface area contributed by atoms with Crippen LogP contribution in [0.2, 0.25) is 0 Å². The van der Waals surface area contributed by atoms with Gasteiger partial charge < -0.3 is 0 Å². The summed E-state index contributed by atoms with van der Waals surface area (Å²) in [4.78, 5) is 6.98. The van der Waals surface area contributed by atoms with Crippen molar-refractivity contribution in [2.45, 2.75) is 19.6 Å². The second-order valence-electron chi connectivity index (χ2n) is 5.64. The first-order valence-corrected chi connectivity index (χ1v) is 8.03. The van der Waals surface area contributed by atoms with E-state index in [1.165, 1.54) is 17.2 Å². The molecule has 0 spiro atoms. The van der Waals surface area contributed by atoms with Gasteiger partial charge in [0.2, 0.25) is 0 Å². The Hall–Kier alpha value is -1.78. The van der Waals surface area contributed by atoms with Crippen molar-refractivity contribution in [3.8, 4) is 0 Å². The van der Waals surface area contributed by atoms with Crippen molar-refractivity contribution in [1.82, 2.24) is 9.88 Å². The number of rotatable bonds is 2. The third kappa shape index (κ3) is 2.42. The average Bonchev–Trinajstić information content (AvgIpc) is 2.91. The van der Waals surface area contributed by atoms with E-state index in [9.17, 15) is 4.39 Å². The molecule has 0 fully saturated rings. The maximum atomic E-state index is 13.8. The fourth-order valence-electron chi connectivity index (χ4n) is 3.01. The van der Waals surface area contributed by atoms with Crippen LogP contribution >= 0.6 is 15.9 Å². The lowest BCUT2D eigenvalue weighted by molar-refractivity contribution is 0.272. The zero-order chi connectivity index (χ0) is 15.1. The molecule has 0 unspecified atom stereocenters. The maximum Gasteiger partial charge on any atom is 0.132 e. The molecule has 0 N–H and O–H groups in total. The number of aromatic nitrogens is 1. The second kappa shape index (κ2) is 5.45. The van der Waals surface area contributed by atoms with Gasteiger partial charge in [-0.05, 0) is 45.3 Å². The number of hydrogen-bond donors (Lipinski definition) is 0. The Morgan fingerprint density at radius 2 is 1.77 bits per heavy atom. The predicted octanol–water partition coefficient (Wildman–Crippen LogP) is 4.65. The maximum absolute atomic E-state index is 13.8. The van der Waals surface area contributed by atoms with Crippen LogP contribution in [0, 0.1) is 5.82 Å². The van der Waals surface area contributed by atoms with Crippen LogP contribution in [0.25, 0.3) is 10.9 Å². The first kappa shape index (κ1) is 13.9. The van der Waals surface area contributed by atoms with Crippen molar-refractivity contribution in [3.05, 3.63) is 75.6 Å². The largest absolute Gasteiger partial charge is 0.289 e. The highest BCUT2D eigenvalue weighted by molar-refractivity contribution is 9.10. The number of benzene rings is 2. The summed E-state index contributed by atoms with van der Waals surface area (Å²) in [6, 6.07) is 15.4. The van der Waals surface area contributed by atoms with Gasteiger partial charge in [0.15, 0.2) is 0 Å². The number of hydrogen-bond acceptors (Lipinski definition) is 2. The second-order valence-corrected chi connectivity index (χ2v) is 6.49. The minimum atomic E-state index is -0.231. The lowest BCUT2D eigenvalue weighted by Crippen LogP contribution is -2.17. The van der Waals surface area contributed by atoms with Gasteiger partial charge in [-0.1, -0.05) is 30.3 Å². The Morgan fingerprint density at radius 1 is 1.05 bits per heavy atom. The van der Waals surface area contributed by atoms with Gasteiger partial charge in [-0.25, -0.2) is 4.39 Å². The van der Waals surface area contributed by atoms with E-state index in [-0.39, 0.29) is 5.82 Å². The van der Waals surface area contributed by atoms with Crippen molar-refractivity contribution < 1.29 is 4.39 Å². The third-order valence-electron chi connectivity index (χ3n) is 4.11. The molecular formula is C18H14BrFN2. The molecule has 0 amide bonds. The van der Waals surface area contributed by atoms with Crippen molar-refractivity contribution in [2.75, 3.05) is 0 Å². The molecular weight excluding hydrogens is 343 g/mol. The summed E-state index contributed by atoms with van der Waals surface area (Å²) >= 11 is 3.54. The van der Waals surface area contributed by atoms with Gasteiger partial charge >= 0.3 is 0 Å². The molecule has 0 saturated heterocycles. The molecule has 2 nitrogen and oxygen atoms in total. The van der Waals surface area contributed by atoms with Gasteiger partial charge in [0.1, 0.15) is 5.82 Å². The topological polar surface area (TPSA) is 16.1 Å². The molecule has 1 aromatic heterocycles. The van der Waals surface area contributed by atoms with Crippen molar-refractivity contribution in [3.63, 3.8) is 0 Å². The molecule has 0 aliphatic carbocycles. The number of nitrogens with zero attached hydrogens (tertiary/aromatic N) is 2. The summed E-state index contributed by atoms with van der Waals surface area (Å²) in [5, 5.41) is 0.558. The minimum Gasteiger partial charge on any atom is -0.289 e. The molecule has 0 bridgehead atoms. The van der Waals surface area contributed by atoms with E-state index in [2.05, 4.69) is 50.1 Å². The Morgan fingerprint density at radius 3 is 2.50 bits per heavy atom. The predicted molar refractivity (Wildman–Crippen MR) is 88.8 cm³/mol. The van der Waals surface area contributed by atoms with Gasteiger partial charge in [0.05, 0.1) is 11.2 Å². The average molecular weight is 357 g/mol. The highest BCUT2D eigenvalue weighted by Crippen LogP contribution is 2.28. The molecule has 4 rings (SSSR count). The molecule has 2 aromatic carbocycles. The van der Waals surface area contributed by atoms with Gasteiger partial charge in [-0.2, -0.15) is 0 Å². The zero-order valence-electron chi connectivity index (χ0n) is 11.9. The molecule has 22 heavy (non-hydrogen) atoms. The van der Waals surface area contributed by atoms with Crippen LogP contribution in [0.5, 0.6) is 0 Å². The monoisotopic (exact) mass is 356 g/mol. The molecule has 1 aliphatic rings. The Labute approximate surface area is 136 Å². The lowest BCUT2D eigenvalue weighted by Gasteiger charge is -2.16. The molecule has 110 valence electrons. The van der Waals surface area contributed by atoms with Crippen LogP contribution in [0.4, 0.5) is 4.39 Å². The molecule has 0 saturated carbocycles. The Kier molecular flexibility index (Phi) is 3.43. The van der Waals surface area contributed by atoms with Crippen molar-refractivity contribution >= 4 is 26.8 Å². The van der Waals surface area contributed by atoms with Crippen LogP contribution in [0.1, 0.15) is 16.8 Å². The highest BCUT2D eigenvalue weighted by atomic mass is 79.9. The van der Waals surface area contributed by atoms with Crippen LogP contribution in [0.3, 0.4) is 0 Å². The summed E-state index contributed by atoms with van der Waals surface area (Å²) < 4.78 is 14.7. The summed E-state index contributed by atoms with van der Waals surface area (Å²) in [7, 11) is 0. The molecule has 1 aliphatic heterocycles. The third-order valence-corrected chi connectivity index (χ3v) is 4.80. The van der Waals surface area contributed by atoms with Gasteiger partial charge in [-0.3, -0.25) is 9.88 Å². The normalized spacial score (nSPS) is 14.5. The molecule has 2 heterocycles. The summed E-state index contributed by atoms with van der Waals surface area (Å²) in [6.07, 6.45) is 0. The Bertz CT molecular complexity index is 838. The van der Waals surface area contributed by atoms with Crippen molar-refractivity contribution in [1.29, 1.82) is 0 Å². The summed E-state index contributed by atoms with van der Waals surface area (Å²) in [5.41, 5.74) is 4.41. The van der Waals surface area contributed by atoms with Gasteiger partial charge in [-0.15, -0.1) is 0 Å². The van der Waals surface area contributed by atoms with Crippen molar-refractivity contribution in [2.24, 2.45) is 0 Å².